The maximum Gasteiger partial charge on any atom is 0.265 e. The molecule has 6 nitrogen and oxygen atoms in total. The first-order valence-electron chi connectivity index (χ1n) is 7.75. The minimum atomic E-state index is -0.0775. The Morgan fingerprint density at radius 3 is 2.67 bits per heavy atom. The summed E-state index contributed by atoms with van der Waals surface area (Å²) in [5.41, 5.74) is 2.67. The number of nitrogens with zero attached hydrogens (tertiary/aromatic N) is 4. The molecular weight excluding hydrogens is 304 g/mol. The molecule has 0 spiro atoms. The Bertz CT molecular complexity index is 860. The molecule has 0 fully saturated rings. The molecule has 1 aliphatic heterocycles. The van der Waals surface area contributed by atoms with Gasteiger partial charge in [-0.2, -0.15) is 0 Å². The summed E-state index contributed by atoms with van der Waals surface area (Å²) in [7, 11) is 0. The summed E-state index contributed by atoms with van der Waals surface area (Å²) in [5, 5.41) is 8.35. The van der Waals surface area contributed by atoms with E-state index in [0.717, 1.165) is 16.9 Å². The third kappa shape index (κ3) is 2.86. The fourth-order valence-corrected chi connectivity index (χ4v) is 2.75. The summed E-state index contributed by atoms with van der Waals surface area (Å²) < 4.78 is 7.23. The fourth-order valence-electron chi connectivity index (χ4n) is 2.75. The van der Waals surface area contributed by atoms with Crippen molar-refractivity contribution >= 4 is 11.6 Å². The largest absolute Gasteiger partial charge is 0.482 e. The summed E-state index contributed by atoms with van der Waals surface area (Å²) in [5.74, 6) is 0.639. The molecule has 0 saturated carbocycles. The highest BCUT2D eigenvalue weighted by Crippen LogP contribution is 2.32. The van der Waals surface area contributed by atoms with Gasteiger partial charge >= 0.3 is 0 Å². The molecule has 1 aliphatic rings. The van der Waals surface area contributed by atoms with Crippen LogP contribution in [-0.4, -0.2) is 27.5 Å². The second kappa shape index (κ2) is 6.16. The van der Waals surface area contributed by atoms with Crippen LogP contribution in [0.5, 0.6) is 5.75 Å². The summed E-state index contributed by atoms with van der Waals surface area (Å²) in [6.45, 7) is 1.09. The molecule has 0 aliphatic carbocycles. The van der Waals surface area contributed by atoms with E-state index < -0.39 is 0 Å². The number of para-hydroxylation sites is 2. The van der Waals surface area contributed by atoms with E-state index >= 15 is 0 Å². The topological polar surface area (TPSA) is 60.2 Å². The van der Waals surface area contributed by atoms with Crippen molar-refractivity contribution in [2.24, 2.45) is 0 Å². The predicted molar refractivity (Wildman–Crippen MR) is 88.7 cm³/mol. The molecule has 120 valence electrons. The zero-order valence-electron chi connectivity index (χ0n) is 13.0. The highest BCUT2D eigenvalue weighted by atomic mass is 16.5. The van der Waals surface area contributed by atoms with Gasteiger partial charge in [-0.15, -0.1) is 5.10 Å². The molecule has 2 aromatic carbocycles. The van der Waals surface area contributed by atoms with E-state index in [4.69, 9.17) is 4.74 Å². The maximum absolute atomic E-state index is 12.2. The van der Waals surface area contributed by atoms with Gasteiger partial charge in [-0.05, 0) is 17.7 Å². The van der Waals surface area contributed by atoms with Gasteiger partial charge < -0.3 is 4.74 Å². The lowest BCUT2D eigenvalue weighted by atomic mass is 10.2. The lowest BCUT2D eigenvalue weighted by Crippen LogP contribution is -2.38. The zero-order valence-corrected chi connectivity index (χ0v) is 13.0. The normalized spacial score (nSPS) is 13.5. The number of hydrogen-bond donors (Lipinski definition) is 0. The number of fused-ring (bicyclic) bond motifs is 1. The molecule has 0 saturated heterocycles. The van der Waals surface area contributed by atoms with Crippen molar-refractivity contribution in [3.63, 3.8) is 0 Å². The minimum Gasteiger partial charge on any atom is -0.482 e. The van der Waals surface area contributed by atoms with Crippen LogP contribution in [0.3, 0.4) is 0 Å². The number of amides is 1. The number of hydrogen-bond acceptors (Lipinski definition) is 4. The second-order valence-electron chi connectivity index (χ2n) is 5.63. The van der Waals surface area contributed by atoms with E-state index in [1.54, 1.807) is 9.58 Å². The van der Waals surface area contributed by atoms with Gasteiger partial charge in [0.15, 0.2) is 6.61 Å². The third-order valence-electron chi connectivity index (χ3n) is 3.90. The van der Waals surface area contributed by atoms with E-state index in [1.807, 2.05) is 60.8 Å². The van der Waals surface area contributed by atoms with Crippen molar-refractivity contribution in [1.29, 1.82) is 0 Å². The third-order valence-corrected chi connectivity index (χ3v) is 3.90. The van der Waals surface area contributed by atoms with Crippen LogP contribution in [0.25, 0.3) is 0 Å². The first kappa shape index (κ1) is 14.4. The number of anilines is 1. The van der Waals surface area contributed by atoms with Crippen molar-refractivity contribution in [1.82, 2.24) is 15.0 Å². The van der Waals surface area contributed by atoms with E-state index in [2.05, 4.69) is 10.3 Å². The zero-order chi connectivity index (χ0) is 16.4. The number of rotatable bonds is 4. The monoisotopic (exact) mass is 320 g/mol. The van der Waals surface area contributed by atoms with Gasteiger partial charge in [0.25, 0.3) is 5.91 Å². The second-order valence-corrected chi connectivity index (χ2v) is 5.63. The summed E-state index contributed by atoms with van der Waals surface area (Å²) >= 11 is 0. The molecule has 0 atom stereocenters. The van der Waals surface area contributed by atoms with E-state index in [1.165, 1.54) is 0 Å². The van der Waals surface area contributed by atoms with Crippen LogP contribution >= 0.6 is 0 Å². The Morgan fingerprint density at radius 2 is 1.79 bits per heavy atom. The van der Waals surface area contributed by atoms with Gasteiger partial charge in [-0.25, -0.2) is 4.68 Å². The molecule has 1 amide bonds. The first-order valence-corrected chi connectivity index (χ1v) is 7.75. The van der Waals surface area contributed by atoms with Gasteiger partial charge in [-0.3, -0.25) is 9.69 Å². The van der Waals surface area contributed by atoms with Crippen LogP contribution in [-0.2, 0) is 17.9 Å². The molecule has 4 rings (SSSR count). The number of carbonyl (C=O) groups excluding carboxylic acids is 1. The highest BCUT2D eigenvalue weighted by Gasteiger charge is 2.25. The molecule has 1 aromatic heterocycles. The van der Waals surface area contributed by atoms with Crippen LogP contribution in [0.1, 0.15) is 11.3 Å². The Morgan fingerprint density at radius 1 is 1.00 bits per heavy atom. The van der Waals surface area contributed by atoms with Crippen LogP contribution in [0, 0.1) is 0 Å². The van der Waals surface area contributed by atoms with E-state index in [9.17, 15) is 4.79 Å². The van der Waals surface area contributed by atoms with Gasteiger partial charge in [0.05, 0.1) is 25.0 Å². The molecule has 0 bridgehead atoms. The summed E-state index contributed by atoms with van der Waals surface area (Å²) in [6, 6.07) is 17.6. The van der Waals surface area contributed by atoms with Gasteiger partial charge in [0.2, 0.25) is 0 Å². The molecule has 3 aromatic rings. The molecule has 6 heteroatoms. The molecule has 24 heavy (non-hydrogen) atoms. The van der Waals surface area contributed by atoms with Crippen LogP contribution in [0.15, 0.2) is 60.8 Å². The smallest absolute Gasteiger partial charge is 0.265 e. The average Bonchev–Trinajstić information content (AvgIpc) is 3.05. The lowest BCUT2D eigenvalue weighted by Gasteiger charge is -2.28. The molecular formula is C18H16N4O2. The maximum atomic E-state index is 12.2. The van der Waals surface area contributed by atoms with Gasteiger partial charge in [0.1, 0.15) is 11.4 Å². The number of benzene rings is 2. The first-order chi connectivity index (χ1) is 11.8. The summed E-state index contributed by atoms with van der Waals surface area (Å²) in [6.07, 6.45) is 1.87. The van der Waals surface area contributed by atoms with Crippen molar-refractivity contribution in [3.05, 3.63) is 72.1 Å². The Labute approximate surface area is 139 Å². The highest BCUT2D eigenvalue weighted by molar-refractivity contribution is 5.97. The van der Waals surface area contributed by atoms with Crippen molar-refractivity contribution in [2.45, 2.75) is 13.1 Å². The van der Waals surface area contributed by atoms with Crippen molar-refractivity contribution in [3.8, 4) is 5.75 Å². The SMILES string of the molecule is O=C1COc2ccccc2N1Cc1cn(Cc2ccccc2)nn1. The molecule has 0 unspecified atom stereocenters. The number of carbonyl (C=O) groups is 1. The minimum absolute atomic E-state index is 0.0508. The van der Waals surface area contributed by atoms with Gasteiger partial charge in [-0.1, -0.05) is 47.7 Å². The molecule has 2 heterocycles. The fraction of sp³-hybridized carbons (Fsp3) is 0.167. The number of aromatic nitrogens is 3. The molecule has 0 radical (unpaired) electrons. The predicted octanol–water partition coefficient (Wildman–Crippen LogP) is 2.25. The van der Waals surface area contributed by atoms with Crippen LogP contribution < -0.4 is 9.64 Å². The summed E-state index contributed by atoms with van der Waals surface area (Å²) in [4.78, 5) is 13.9. The number of ether oxygens (including phenoxy) is 1. The average molecular weight is 320 g/mol. The van der Waals surface area contributed by atoms with Crippen LogP contribution in [0.2, 0.25) is 0 Å². The van der Waals surface area contributed by atoms with E-state index in [-0.39, 0.29) is 12.5 Å². The quantitative estimate of drug-likeness (QED) is 0.740. The lowest BCUT2D eigenvalue weighted by molar-refractivity contribution is -0.121. The van der Waals surface area contributed by atoms with Gasteiger partial charge in [0, 0.05) is 0 Å². The Balaban J connectivity index is 1.53. The molecule has 0 N–H and O–H groups in total. The standard InChI is InChI=1S/C18H16N4O2/c23-18-13-24-17-9-5-4-8-16(17)22(18)12-15-11-21(20-19-15)10-14-6-2-1-3-7-14/h1-9,11H,10,12-13H2. The van der Waals surface area contributed by atoms with Crippen molar-refractivity contribution < 1.29 is 9.53 Å². The van der Waals surface area contributed by atoms with Crippen molar-refractivity contribution in [2.75, 3.05) is 11.5 Å². The van der Waals surface area contributed by atoms with E-state index in [0.29, 0.717) is 18.8 Å². The Hall–Kier alpha value is -3.15. The Kier molecular flexibility index (Phi) is 3.70. The van der Waals surface area contributed by atoms with Crippen LogP contribution in [0.4, 0.5) is 5.69 Å².